The minimum absolute atomic E-state index is 0.282. The molecular weight excluding hydrogens is 328 g/mol. The number of fused-ring (bicyclic) bond motifs is 1. The summed E-state index contributed by atoms with van der Waals surface area (Å²) in [6.45, 7) is 3.83. The lowest BCUT2D eigenvalue weighted by Crippen LogP contribution is -2.35. The van der Waals surface area contributed by atoms with E-state index < -0.39 is 0 Å². The highest BCUT2D eigenvalue weighted by Crippen LogP contribution is 2.30. The maximum Gasteiger partial charge on any atom is 0.193 e. The number of ether oxygens (including phenoxy) is 2. The first kappa shape index (κ1) is 17.9. The number of para-hydroxylation sites is 1. The Balaban J connectivity index is 1.62. The van der Waals surface area contributed by atoms with E-state index in [0.717, 1.165) is 18.7 Å². The van der Waals surface area contributed by atoms with E-state index in [-0.39, 0.29) is 6.04 Å². The van der Waals surface area contributed by atoms with Crippen LogP contribution in [0.5, 0.6) is 11.5 Å². The second kappa shape index (κ2) is 7.99. The van der Waals surface area contributed by atoms with Crippen molar-refractivity contribution in [2.75, 3.05) is 37.5 Å². The molecule has 3 N–H and O–H groups in total. The second-order valence-electron chi connectivity index (χ2n) is 6.34. The predicted octanol–water partition coefficient (Wildman–Crippen LogP) is 2.88. The molecule has 0 saturated carbocycles. The fourth-order valence-corrected chi connectivity index (χ4v) is 3.25. The molecule has 1 atom stereocenters. The number of nitrogens with zero attached hydrogens (tertiary/aromatic N) is 2. The van der Waals surface area contributed by atoms with Crippen molar-refractivity contribution in [2.24, 2.45) is 10.7 Å². The van der Waals surface area contributed by atoms with Gasteiger partial charge in [-0.05, 0) is 37.1 Å². The number of rotatable bonds is 6. The summed E-state index contributed by atoms with van der Waals surface area (Å²) >= 11 is 0. The van der Waals surface area contributed by atoms with Gasteiger partial charge in [0, 0.05) is 30.0 Å². The molecule has 1 aliphatic heterocycles. The largest absolute Gasteiger partial charge is 0.493 e. The zero-order valence-electron chi connectivity index (χ0n) is 15.5. The van der Waals surface area contributed by atoms with Crippen LogP contribution in [0.25, 0.3) is 0 Å². The van der Waals surface area contributed by atoms with Gasteiger partial charge in [-0.2, -0.15) is 0 Å². The molecule has 6 heteroatoms. The topological polar surface area (TPSA) is 72.1 Å². The van der Waals surface area contributed by atoms with E-state index in [4.69, 9.17) is 15.2 Å². The van der Waals surface area contributed by atoms with E-state index in [1.165, 1.54) is 11.3 Å². The third-order valence-electron chi connectivity index (χ3n) is 4.64. The Bertz CT molecular complexity index is 791. The van der Waals surface area contributed by atoms with Crippen molar-refractivity contribution in [1.82, 2.24) is 0 Å². The Morgan fingerprint density at radius 3 is 2.73 bits per heavy atom. The molecule has 0 spiro atoms. The number of aliphatic imine (C=N–C) groups is 1. The smallest absolute Gasteiger partial charge is 0.193 e. The number of hydrogen-bond donors (Lipinski definition) is 2. The number of methoxy groups -OCH3 is 2. The summed E-state index contributed by atoms with van der Waals surface area (Å²) in [6, 6.07) is 14.4. The summed E-state index contributed by atoms with van der Waals surface area (Å²) in [7, 11) is 3.22. The van der Waals surface area contributed by atoms with E-state index >= 15 is 0 Å². The quantitative estimate of drug-likeness (QED) is 0.616. The van der Waals surface area contributed by atoms with Crippen molar-refractivity contribution < 1.29 is 9.47 Å². The molecule has 1 unspecified atom stereocenters. The van der Waals surface area contributed by atoms with Crippen LogP contribution in [0.2, 0.25) is 0 Å². The molecular formula is C20H26N4O2. The molecule has 2 aromatic rings. The van der Waals surface area contributed by atoms with Crippen LogP contribution in [-0.4, -0.2) is 39.3 Å². The van der Waals surface area contributed by atoms with Crippen LogP contribution in [0, 0.1) is 0 Å². The minimum atomic E-state index is 0.282. The number of anilines is 2. The fraction of sp³-hybridized carbons (Fsp3) is 0.350. The molecule has 3 rings (SSSR count). The Morgan fingerprint density at radius 2 is 1.96 bits per heavy atom. The van der Waals surface area contributed by atoms with Crippen LogP contribution >= 0.6 is 0 Å². The molecule has 0 aliphatic carbocycles. The maximum atomic E-state index is 6.06. The summed E-state index contributed by atoms with van der Waals surface area (Å²) in [5.41, 5.74) is 9.58. The first-order chi connectivity index (χ1) is 12.6. The lowest BCUT2D eigenvalue weighted by Gasteiger charge is -2.26. The number of guanidine groups is 1. The van der Waals surface area contributed by atoms with Gasteiger partial charge in [0.25, 0.3) is 0 Å². The zero-order valence-corrected chi connectivity index (χ0v) is 15.5. The van der Waals surface area contributed by atoms with Gasteiger partial charge >= 0.3 is 0 Å². The summed E-state index contributed by atoms with van der Waals surface area (Å²) < 4.78 is 10.5. The first-order valence-electron chi connectivity index (χ1n) is 8.76. The van der Waals surface area contributed by atoms with Crippen LogP contribution in [0.4, 0.5) is 11.4 Å². The Labute approximate surface area is 154 Å². The fourth-order valence-electron chi connectivity index (χ4n) is 3.25. The average molecular weight is 354 g/mol. The third-order valence-corrected chi connectivity index (χ3v) is 4.64. The Kier molecular flexibility index (Phi) is 5.51. The molecule has 1 aliphatic rings. The van der Waals surface area contributed by atoms with E-state index in [2.05, 4.69) is 46.4 Å². The van der Waals surface area contributed by atoms with Gasteiger partial charge in [-0.15, -0.1) is 0 Å². The number of benzene rings is 2. The molecule has 0 bridgehead atoms. The van der Waals surface area contributed by atoms with Crippen LogP contribution < -0.4 is 25.4 Å². The van der Waals surface area contributed by atoms with Gasteiger partial charge < -0.3 is 25.4 Å². The minimum Gasteiger partial charge on any atom is -0.493 e. The lowest BCUT2D eigenvalue weighted by molar-refractivity contribution is 0.355. The summed E-state index contributed by atoms with van der Waals surface area (Å²) in [4.78, 5) is 6.90. The van der Waals surface area contributed by atoms with Gasteiger partial charge in [0.15, 0.2) is 17.5 Å². The molecule has 6 nitrogen and oxygen atoms in total. The van der Waals surface area contributed by atoms with Crippen LogP contribution in [0.15, 0.2) is 47.5 Å². The molecule has 0 fully saturated rings. The van der Waals surface area contributed by atoms with Gasteiger partial charge in [-0.25, -0.2) is 0 Å². The molecule has 2 aromatic carbocycles. The summed E-state index contributed by atoms with van der Waals surface area (Å²) in [6.07, 6.45) is 1.09. The Hall–Kier alpha value is -2.89. The SMILES string of the molecule is COc1ccc(NC(N)=NCC(C)N2CCc3ccccc32)cc1OC. The van der Waals surface area contributed by atoms with Gasteiger partial charge in [-0.1, -0.05) is 18.2 Å². The van der Waals surface area contributed by atoms with Crippen molar-refractivity contribution >= 4 is 17.3 Å². The molecule has 26 heavy (non-hydrogen) atoms. The molecule has 0 saturated heterocycles. The van der Waals surface area contributed by atoms with Gasteiger partial charge in [0.05, 0.1) is 20.8 Å². The van der Waals surface area contributed by atoms with Gasteiger partial charge in [0.1, 0.15) is 0 Å². The van der Waals surface area contributed by atoms with Crippen molar-refractivity contribution in [2.45, 2.75) is 19.4 Å². The van der Waals surface area contributed by atoms with Crippen molar-refractivity contribution in [3.8, 4) is 11.5 Å². The number of nitrogens with two attached hydrogens (primary N) is 1. The highest BCUT2D eigenvalue weighted by atomic mass is 16.5. The second-order valence-corrected chi connectivity index (χ2v) is 6.34. The highest BCUT2D eigenvalue weighted by Gasteiger charge is 2.22. The van der Waals surface area contributed by atoms with Crippen molar-refractivity contribution in [1.29, 1.82) is 0 Å². The molecule has 0 radical (unpaired) electrons. The Morgan fingerprint density at radius 1 is 1.19 bits per heavy atom. The highest BCUT2D eigenvalue weighted by molar-refractivity contribution is 5.92. The zero-order chi connectivity index (χ0) is 18.5. The van der Waals surface area contributed by atoms with Crippen LogP contribution in [0.1, 0.15) is 12.5 Å². The summed E-state index contributed by atoms with van der Waals surface area (Å²) in [5, 5.41) is 3.11. The first-order valence-corrected chi connectivity index (χ1v) is 8.76. The van der Waals surface area contributed by atoms with E-state index in [9.17, 15) is 0 Å². The summed E-state index contributed by atoms with van der Waals surface area (Å²) in [5.74, 6) is 1.71. The molecule has 0 amide bonds. The van der Waals surface area contributed by atoms with E-state index in [0.29, 0.717) is 24.0 Å². The number of hydrogen-bond acceptors (Lipinski definition) is 4. The van der Waals surface area contributed by atoms with Crippen molar-refractivity contribution in [3.05, 3.63) is 48.0 Å². The molecule has 0 aromatic heterocycles. The van der Waals surface area contributed by atoms with Gasteiger partial charge in [-0.3, -0.25) is 4.99 Å². The number of nitrogens with one attached hydrogen (secondary N) is 1. The predicted molar refractivity (Wildman–Crippen MR) is 107 cm³/mol. The van der Waals surface area contributed by atoms with Crippen LogP contribution in [-0.2, 0) is 6.42 Å². The van der Waals surface area contributed by atoms with E-state index in [1.807, 2.05) is 18.2 Å². The lowest BCUT2D eigenvalue weighted by atomic mass is 10.2. The van der Waals surface area contributed by atoms with Gasteiger partial charge in [0.2, 0.25) is 0 Å². The van der Waals surface area contributed by atoms with E-state index in [1.54, 1.807) is 14.2 Å². The van der Waals surface area contributed by atoms with Crippen LogP contribution in [0.3, 0.4) is 0 Å². The molecule has 1 heterocycles. The third kappa shape index (κ3) is 3.85. The molecule has 138 valence electrons. The standard InChI is InChI=1S/C20H26N4O2/c1-14(24-11-10-15-6-4-5-7-17(15)24)13-22-20(21)23-16-8-9-18(25-2)19(12-16)26-3/h4-9,12,14H,10-11,13H2,1-3H3,(H3,21,22,23). The van der Waals surface area contributed by atoms with Crippen molar-refractivity contribution in [3.63, 3.8) is 0 Å². The maximum absolute atomic E-state index is 6.06. The monoisotopic (exact) mass is 354 g/mol. The average Bonchev–Trinajstić information content (AvgIpc) is 3.10. The normalized spacial score (nSPS) is 14.7.